The van der Waals surface area contributed by atoms with Gasteiger partial charge in [0.15, 0.2) is 0 Å². The first kappa shape index (κ1) is 7.12. The maximum atomic E-state index is 11.2. The molecule has 4 heteroatoms. The summed E-state index contributed by atoms with van der Waals surface area (Å²) in [5.74, 6) is -0.104. The SMILES string of the molecule is Cc1ccc2c(c1)C(=O)NNN2. The second-order valence-corrected chi connectivity index (χ2v) is 2.75. The van der Waals surface area contributed by atoms with E-state index in [2.05, 4.69) is 16.4 Å². The number of aryl methyl sites for hydroxylation is 1. The van der Waals surface area contributed by atoms with Gasteiger partial charge in [-0.2, -0.15) is 0 Å². The van der Waals surface area contributed by atoms with E-state index in [1.807, 2.05) is 25.1 Å². The van der Waals surface area contributed by atoms with Crippen molar-refractivity contribution in [2.24, 2.45) is 0 Å². The van der Waals surface area contributed by atoms with E-state index in [9.17, 15) is 4.79 Å². The first-order valence-electron chi connectivity index (χ1n) is 3.69. The molecule has 0 unspecified atom stereocenters. The van der Waals surface area contributed by atoms with Gasteiger partial charge in [-0.3, -0.25) is 10.2 Å². The topological polar surface area (TPSA) is 53.2 Å². The van der Waals surface area contributed by atoms with Gasteiger partial charge in [0.25, 0.3) is 5.91 Å². The van der Waals surface area contributed by atoms with E-state index in [-0.39, 0.29) is 5.91 Å². The molecule has 4 nitrogen and oxygen atoms in total. The molecule has 1 heterocycles. The highest BCUT2D eigenvalue weighted by atomic mass is 16.2. The highest BCUT2D eigenvalue weighted by Crippen LogP contribution is 2.17. The summed E-state index contributed by atoms with van der Waals surface area (Å²) in [6.45, 7) is 1.95. The number of amides is 1. The van der Waals surface area contributed by atoms with E-state index >= 15 is 0 Å². The summed E-state index contributed by atoms with van der Waals surface area (Å²) in [4.78, 5) is 11.2. The Bertz CT molecular complexity index is 335. The molecule has 1 aromatic carbocycles. The number of carbonyl (C=O) groups is 1. The minimum atomic E-state index is -0.104. The Hall–Kier alpha value is -1.55. The Morgan fingerprint density at radius 1 is 1.25 bits per heavy atom. The van der Waals surface area contributed by atoms with Crippen molar-refractivity contribution in [2.75, 3.05) is 5.43 Å². The largest absolute Gasteiger partial charge is 0.303 e. The third kappa shape index (κ3) is 1.02. The summed E-state index contributed by atoms with van der Waals surface area (Å²) < 4.78 is 0. The van der Waals surface area contributed by atoms with Crippen LogP contribution in [0.25, 0.3) is 0 Å². The fourth-order valence-corrected chi connectivity index (χ4v) is 1.18. The van der Waals surface area contributed by atoms with Gasteiger partial charge in [0.05, 0.1) is 11.3 Å². The van der Waals surface area contributed by atoms with Gasteiger partial charge in [-0.1, -0.05) is 11.6 Å². The van der Waals surface area contributed by atoms with Gasteiger partial charge in [0.1, 0.15) is 0 Å². The lowest BCUT2D eigenvalue weighted by molar-refractivity contribution is 0.0931. The van der Waals surface area contributed by atoms with Gasteiger partial charge in [-0.15, -0.1) is 5.53 Å². The molecule has 0 saturated heterocycles. The maximum Gasteiger partial charge on any atom is 0.268 e. The van der Waals surface area contributed by atoms with Crippen LogP contribution >= 0.6 is 0 Å². The standard InChI is InChI=1S/C8H9N3O/c1-5-2-3-7-6(4-5)8(12)10-11-9-7/h2-4,9,11H,1H3,(H,10,12). The average Bonchev–Trinajstić information content (AvgIpc) is 2.07. The molecule has 3 N–H and O–H groups in total. The van der Waals surface area contributed by atoms with Crippen molar-refractivity contribution in [2.45, 2.75) is 6.92 Å². The molecule has 0 bridgehead atoms. The van der Waals surface area contributed by atoms with Crippen LogP contribution in [0.1, 0.15) is 15.9 Å². The van der Waals surface area contributed by atoms with Crippen LogP contribution in [0.3, 0.4) is 0 Å². The summed E-state index contributed by atoms with van der Waals surface area (Å²) >= 11 is 0. The van der Waals surface area contributed by atoms with Crippen LogP contribution in [0.5, 0.6) is 0 Å². The monoisotopic (exact) mass is 163 g/mol. The number of hydrazine groups is 2. The maximum absolute atomic E-state index is 11.2. The highest BCUT2D eigenvalue weighted by molar-refractivity contribution is 6.00. The number of anilines is 1. The summed E-state index contributed by atoms with van der Waals surface area (Å²) in [5.41, 5.74) is 10.4. The number of carbonyl (C=O) groups excluding carboxylic acids is 1. The molecule has 1 aliphatic rings. The van der Waals surface area contributed by atoms with Crippen LogP contribution in [0.15, 0.2) is 18.2 Å². The van der Waals surface area contributed by atoms with Crippen LogP contribution in [0.4, 0.5) is 5.69 Å². The van der Waals surface area contributed by atoms with Gasteiger partial charge < -0.3 is 5.43 Å². The lowest BCUT2D eigenvalue weighted by Crippen LogP contribution is -2.45. The molecule has 0 atom stereocenters. The quantitative estimate of drug-likeness (QED) is 0.524. The van der Waals surface area contributed by atoms with Crippen LogP contribution in [-0.4, -0.2) is 5.91 Å². The Morgan fingerprint density at radius 2 is 2.08 bits per heavy atom. The molecule has 0 saturated carbocycles. The Balaban J connectivity index is 2.54. The van der Waals surface area contributed by atoms with Crippen LogP contribution < -0.4 is 16.4 Å². The van der Waals surface area contributed by atoms with Crippen molar-refractivity contribution in [3.63, 3.8) is 0 Å². The summed E-state index contributed by atoms with van der Waals surface area (Å²) in [6.07, 6.45) is 0. The van der Waals surface area contributed by atoms with Crippen LogP contribution in [0, 0.1) is 6.92 Å². The third-order valence-corrected chi connectivity index (χ3v) is 1.79. The Labute approximate surface area is 69.9 Å². The van der Waals surface area contributed by atoms with Gasteiger partial charge in [-0.05, 0) is 19.1 Å². The molecule has 0 radical (unpaired) electrons. The summed E-state index contributed by atoms with van der Waals surface area (Å²) in [5, 5.41) is 0. The smallest absolute Gasteiger partial charge is 0.268 e. The lowest BCUT2D eigenvalue weighted by atomic mass is 10.1. The molecule has 0 aliphatic carbocycles. The highest BCUT2D eigenvalue weighted by Gasteiger charge is 2.14. The van der Waals surface area contributed by atoms with Crippen molar-refractivity contribution >= 4 is 11.6 Å². The molecule has 0 aromatic heterocycles. The predicted octanol–water partition coefficient (Wildman–Crippen LogP) is 0.570. The number of hydrogen-bond acceptors (Lipinski definition) is 3. The molecule has 0 fully saturated rings. The third-order valence-electron chi connectivity index (χ3n) is 1.79. The molecule has 1 amide bonds. The fourth-order valence-electron chi connectivity index (χ4n) is 1.18. The molecule has 12 heavy (non-hydrogen) atoms. The average molecular weight is 163 g/mol. The van der Waals surface area contributed by atoms with Gasteiger partial charge in [0.2, 0.25) is 0 Å². The Kier molecular flexibility index (Phi) is 1.48. The fraction of sp³-hybridized carbons (Fsp3) is 0.125. The van der Waals surface area contributed by atoms with Crippen molar-refractivity contribution in [1.82, 2.24) is 11.0 Å². The molecule has 1 aromatic rings. The second kappa shape index (κ2) is 2.49. The zero-order chi connectivity index (χ0) is 8.55. The molecule has 62 valence electrons. The molecule has 2 rings (SSSR count). The van der Waals surface area contributed by atoms with E-state index in [1.165, 1.54) is 0 Å². The van der Waals surface area contributed by atoms with E-state index in [0.29, 0.717) is 5.56 Å². The summed E-state index contributed by atoms with van der Waals surface area (Å²) in [7, 11) is 0. The minimum absolute atomic E-state index is 0.104. The van der Waals surface area contributed by atoms with Gasteiger partial charge in [-0.25, -0.2) is 0 Å². The first-order valence-corrected chi connectivity index (χ1v) is 3.69. The number of nitrogens with one attached hydrogen (secondary N) is 3. The van der Waals surface area contributed by atoms with Crippen molar-refractivity contribution in [3.05, 3.63) is 29.3 Å². The zero-order valence-electron chi connectivity index (χ0n) is 6.64. The predicted molar refractivity (Wildman–Crippen MR) is 45.4 cm³/mol. The van der Waals surface area contributed by atoms with Crippen LogP contribution in [0.2, 0.25) is 0 Å². The van der Waals surface area contributed by atoms with Crippen molar-refractivity contribution in [1.29, 1.82) is 0 Å². The van der Waals surface area contributed by atoms with Gasteiger partial charge >= 0.3 is 0 Å². The molecule has 0 spiro atoms. The van der Waals surface area contributed by atoms with Crippen molar-refractivity contribution < 1.29 is 4.79 Å². The van der Waals surface area contributed by atoms with Gasteiger partial charge in [0, 0.05) is 0 Å². The zero-order valence-corrected chi connectivity index (χ0v) is 6.64. The number of benzene rings is 1. The first-order chi connectivity index (χ1) is 5.77. The van der Waals surface area contributed by atoms with E-state index in [1.54, 1.807) is 0 Å². The van der Waals surface area contributed by atoms with E-state index in [4.69, 9.17) is 0 Å². The summed E-state index contributed by atoms with van der Waals surface area (Å²) in [6, 6.07) is 5.67. The minimum Gasteiger partial charge on any atom is -0.303 e. The van der Waals surface area contributed by atoms with E-state index < -0.39 is 0 Å². The number of hydrogen-bond donors (Lipinski definition) is 3. The lowest BCUT2D eigenvalue weighted by Gasteiger charge is -2.19. The molecular weight excluding hydrogens is 154 g/mol. The van der Waals surface area contributed by atoms with Crippen molar-refractivity contribution in [3.8, 4) is 0 Å². The number of rotatable bonds is 0. The molecule has 1 aliphatic heterocycles. The van der Waals surface area contributed by atoms with E-state index in [0.717, 1.165) is 11.3 Å². The van der Waals surface area contributed by atoms with Crippen LogP contribution in [-0.2, 0) is 0 Å². The normalized spacial score (nSPS) is 14.6. The molecular formula is C8H9N3O. The Morgan fingerprint density at radius 3 is 2.92 bits per heavy atom. The number of fused-ring (bicyclic) bond motifs is 1. The second-order valence-electron chi connectivity index (χ2n) is 2.75.